The number of nitrogen functional groups attached to an aromatic ring is 1. The van der Waals surface area contributed by atoms with Crippen molar-refractivity contribution in [3.05, 3.63) is 35.7 Å². The summed E-state index contributed by atoms with van der Waals surface area (Å²) < 4.78 is 6.72. The SMILES string of the molecule is COc1ccc(Cc2nnc(SCC(C)C)n2N)cc1. The molecule has 0 radical (unpaired) electrons. The van der Waals surface area contributed by atoms with E-state index in [4.69, 9.17) is 10.6 Å². The van der Waals surface area contributed by atoms with Gasteiger partial charge in [0.15, 0.2) is 5.82 Å². The summed E-state index contributed by atoms with van der Waals surface area (Å²) >= 11 is 1.64. The van der Waals surface area contributed by atoms with Crippen LogP contribution < -0.4 is 10.6 Å². The lowest BCUT2D eigenvalue weighted by molar-refractivity contribution is 0.414. The molecule has 1 heterocycles. The molecular weight excluding hydrogens is 272 g/mol. The molecule has 0 atom stereocenters. The maximum Gasteiger partial charge on any atom is 0.209 e. The van der Waals surface area contributed by atoms with Crippen LogP contribution in [0.25, 0.3) is 0 Å². The smallest absolute Gasteiger partial charge is 0.209 e. The quantitative estimate of drug-likeness (QED) is 0.654. The first kappa shape index (κ1) is 14.7. The number of rotatable bonds is 6. The van der Waals surface area contributed by atoms with Crippen LogP contribution in [0.2, 0.25) is 0 Å². The topological polar surface area (TPSA) is 66.0 Å². The zero-order chi connectivity index (χ0) is 14.5. The van der Waals surface area contributed by atoms with Crippen LogP contribution in [0, 0.1) is 5.92 Å². The van der Waals surface area contributed by atoms with E-state index in [1.165, 1.54) is 0 Å². The molecule has 0 fully saturated rings. The molecular formula is C14H20N4OS. The predicted molar refractivity (Wildman–Crippen MR) is 81.5 cm³/mol. The van der Waals surface area contributed by atoms with Crippen molar-refractivity contribution in [3.63, 3.8) is 0 Å². The zero-order valence-electron chi connectivity index (χ0n) is 12.0. The average molecular weight is 292 g/mol. The highest BCUT2D eigenvalue weighted by molar-refractivity contribution is 7.99. The van der Waals surface area contributed by atoms with Crippen molar-refractivity contribution in [1.82, 2.24) is 14.9 Å². The van der Waals surface area contributed by atoms with E-state index in [9.17, 15) is 0 Å². The highest BCUT2D eigenvalue weighted by atomic mass is 32.2. The minimum Gasteiger partial charge on any atom is -0.497 e. The van der Waals surface area contributed by atoms with Gasteiger partial charge in [-0.3, -0.25) is 0 Å². The van der Waals surface area contributed by atoms with Crippen LogP contribution in [0.1, 0.15) is 25.2 Å². The van der Waals surface area contributed by atoms with Gasteiger partial charge in [0.2, 0.25) is 5.16 Å². The van der Waals surface area contributed by atoms with E-state index in [0.29, 0.717) is 12.3 Å². The lowest BCUT2D eigenvalue weighted by atomic mass is 10.1. The van der Waals surface area contributed by atoms with Gasteiger partial charge in [-0.25, -0.2) is 4.68 Å². The van der Waals surface area contributed by atoms with Crippen LogP contribution in [0.5, 0.6) is 5.75 Å². The van der Waals surface area contributed by atoms with Gasteiger partial charge in [-0.2, -0.15) is 0 Å². The summed E-state index contributed by atoms with van der Waals surface area (Å²) in [4.78, 5) is 0. The molecule has 20 heavy (non-hydrogen) atoms. The molecule has 5 nitrogen and oxygen atoms in total. The van der Waals surface area contributed by atoms with Gasteiger partial charge >= 0.3 is 0 Å². The Labute approximate surface area is 123 Å². The number of hydrogen-bond acceptors (Lipinski definition) is 5. The van der Waals surface area contributed by atoms with Gasteiger partial charge in [-0.15, -0.1) is 10.2 Å². The van der Waals surface area contributed by atoms with Crippen LogP contribution in [-0.4, -0.2) is 27.7 Å². The molecule has 1 aromatic carbocycles. The number of thioether (sulfide) groups is 1. The molecule has 6 heteroatoms. The van der Waals surface area contributed by atoms with Crippen LogP contribution in [0.15, 0.2) is 29.4 Å². The Kier molecular flexibility index (Phi) is 4.89. The summed E-state index contributed by atoms with van der Waals surface area (Å²) in [5.74, 6) is 9.23. The largest absolute Gasteiger partial charge is 0.497 e. The number of methoxy groups -OCH3 is 1. The van der Waals surface area contributed by atoms with Crippen molar-refractivity contribution in [1.29, 1.82) is 0 Å². The standard InChI is InChI=1S/C14H20N4OS/c1-10(2)9-20-14-17-16-13(18(14)15)8-11-4-6-12(19-3)7-5-11/h4-7,10H,8-9,15H2,1-3H3. The van der Waals surface area contributed by atoms with Crippen LogP contribution in [-0.2, 0) is 6.42 Å². The molecule has 0 unspecified atom stereocenters. The lowest BCUT2D eigenvalue weighted by Gasteiger charge is -2.06. The molecule has 2 N–H and O–H groups in total. The van der Waals surface area contributed by atoms with Crippen molar-refractivity contribution in [2.75, 3.05) is 18.7 Å². The van der Waals surface area contributed by atoms with E-state index in [2.05, 4.69) is 24.0 Å². The molecule has 0 aliphatic rings. The number of nitrogens with zero attached hydrogens (tertiary/aromatic N) is 3. The Balaban J connectivity index is 2.05. The van der Waals surface area contributed by atoms with E-state index in [1.54, 1.807) is 23.5 Å². The number of hydrogen-bond donors (Lipinski definition) is 1. The fourth-order valence-corrected chi connectivity index (χ4v) is 2.52. The van der Waals surface area contributed by atoms with Crippen LogP contribution in [0.3, 0.4) is 0 Å². The third kappa shape index (κ3) is 3.66. The highest BCUT2D eigenvalue weighted by Crippen LogP contribution is 2.19. The summed E-state index contributed by atoms with van der Waals surface area (Å²) in [5.41, 5.74) is 1.13. The van der Waals surface area contributed by atoms with Crippen molar-refractivity contribution in [2.24, 2.45) is 5.92 Å². The molecule has 1 aromatic heterocycles. The van der Waals surface area contributed by atoms with Crippen molar-refractivity contribution in [2.45, 2.75) is 25.4 Å². The third-order valence-corrected chi connectivity index (χ3v) is 4.17. The van der Waals surface area contributed by atoms with Crippen molar-refractivity contribution < 1.29 is 4.74 Å². The number of nitrogens with two attached hydrogens (primary N) is 1. The Bertz CT molecular complexity index is 551. The number of ether oxygens (including phenoxy) is 1. The minimum atomic E-state index is 0.599. The van der Waals surface area contributed by atoms with E-state index >= 15 is 0 Å². The van der Waals surface area contributed by atoms with Gasteiger partial charge in [0.1, 0.15) is 5.75 Å². The first-order valence-electron chi connectivity index (χ1n) is 6.55. The number of benzene rings is 1. The van der Waals surface area contributed by atoms with E-state index in [-0.39, 0.29) is 0 Å². The molecule has 108 valence electrons. The molecule has 2 rings (SSSR count). The molecule has 0 bridgehead atoms. The van der Waals surface area contributed by atoms with Crippen molar-refractivity contribution >= 4 is 11.8 Å². The van der Waals surface area contributed by atoms with E-state index in [0.717, 1.165) is 28.0 Å². The van der Waals surface area contributed by atoms with Gasteiger partial charge < -0.3 is 10.6 Å². The number of aromatic nitrogens is 3. The summed E-state index contributed by atoms with van der Waals surface area (Å²) in [6, 6.07) is 7.88. The molecule has 0 spiro atoms. The molecule has 2 aromatic rings. The molecule has 0 saturated heterocycles. The zero-order valence-corrected chi connectivity index (χ0v) is 12.9. The Morgan fingerprint density at radius 2 is 1.95 bits per heavy atom. The van der Waals surface area contributed by atoms with Gasteiger partial charge in [-0.1, -0.05) is 37.7 Å². The first-order chi connectivity index (χ1) is 9.60. The Hall–Kier alpha value is -1.69. The maximum atomic E-state index is 6.04. The van der Waals surface area contributed by atoms with Crippen LogP contribution >= 0.6 is 11.8 Å². The second-order valence-electron chi connectivity index (χ2n) is 5.00. The maximum absolute atomic E-state index is 6.04. The lowest BCUT2D eigenvalue weighted by Crippen LogP contribution is -2.14. The Morgan fingerprint density at radius 3 is 2.55 bits per heavy atom. The fourth-order valence-electron chi connectivity index (χ4n) is 1.69. The molecule has 0 saturated carbocycles. The normalized spacial score (nSPS) is 11.0. The monoisotopic (exact) mass is 292 g/mol. The Morgan fingerprint density at radius 1 is 1.25 bits per heavy atom. The summed E-state index contributed by atoms with van der Waals surface area (Å²) in [5, 5.41) is 9.08. The summed E-state index contributed by atoms with van der Waals surface area (Å²) in [6.07, 6.45) is 0.662. The first-order valence-corrected chi connectivity index (χ1v) is 7.53. The van der Waals surface area contributed by atoms with Gasteiger partial charge in [0.05, 0.1) is 7.11 Å². The second kappa shape index (κ2) is 6.65. The molecule has 0 aliphatic heterocycles. The summed E-state index contributed by atoms with van der Waals surface area (Å²) in [7, 11) is 1.66. The van der Waals surface area contributed by atoms with Gasteiger partial charge in [0, 0.05) is 12.2 Å². The third-order valence-electron chi connectivity index (χ3n) is 2.80. The van der Waals surface area contributed by atoms with Gasteiger partial charge in [0.25, 0.3) is 0 Å². The second-order valence-corrected chi connectivity index (χ2v) is 5.99. The molecule has 0 amide bonds. The highest BCUT2D eigenvalue weighted by Gasteiger charge is 2.11. The van der Waals surface area contributed by atoms with Crippen LogP contribution in [0.4, 0.5) is 0 Å². The van der Waals surface area contributed by atoms with E-state index < -0.39 is 0 Å². The minimum absolute atomic E-state index is 0.599. The van der Waals surface area contributed by atoms with E-state index in [1.807, 2.05) is 24.3 Å². The predicted octanol–water partition coefficient (Wildman–Crippen LogP) is 2.34. The fraction of sp³-hybridized carbons (Fsp3) is 0.429. The average Bonchev–Trinajstić information content (AvgIpc) is 2.78. The van der Waals surface area contributed by atoms with Crippen molar-refractivity contribution in [3.8, 4) is 5.75 Å². The summed E-state index contributed by atoms with van der Waals surface area (Å²) in [6.45, 7) is 4.34. The molecule has 0 aliphatic carbocycles. The van der Waals surface area contributed by atoms with Gasteiger partial charge in [-0.05, 0) is 23.6 Å².